The van der Waals surface area contributed by atoms with E-state index in [1.165, 1.54) is 89.9 Å². The number of nitrogens with one attached hydrogen (secondary N) is 1. The van der Waals surface area contributed by atoms with E-state index in [0.29, 0.717) is 49.6 Å². The lowest BCUT2D eigenvalue weighted by Crippen LogP contribution is -2.70. The predicted octanol–water partition coefficient (Wildman–Crippen LogP) is 16.6. The van der Waals surface area contributed by atoms with Crippen molar-refractivity contribution in [1.29, 1.82) is 0 Å². The summed E-state index contributed by atoms with van der Waals surface area (Å²) >= 11 is 0. The minimum absolute atomic E-state index is 0.0176. The smallest absolute Gasteiger partial charge is 0.412 e. The highest BCUT2D eigenvalue weighted by molar-refractivity contribution is 6.03. The molecule has 7 atom stereocenters. The molecule has 2 heterocycles. The number of ether oxygens (including phenoxy) is 5. The van der Waals surface area contributed by atoms with Crippen LogP contribution in [-0.2, 0) is 25.6 Å². The number of unbranched alkanes of at least 4 members (excludes halogenated alkanes) is 20. The van der Waals surface area contributed by atoms with Crippen molar-refractivity contribution in [2.45, 2.75) is 237 Å². The summed E-state index contributed by atoms with van der Waals surface area (Å²) in [5, 5.41) is 30.5. The lowest BCUT2D eigenvalue weighted by Gasteiger charge is -2.60. The molecule has 82 heavy (non-hydrogen) atoms. The summed E-state index contributed by atoms with van der Waals surface area (Å²) < 4.78 is 33.6. The summed E-state index contributed by atoms with van der Waals surface area (Å²) in [5.74, 6) is -1.42. The minimum Gasteiger partial charge on any atom is -0.459 e. The minimum atomic E-state index is -1.52. The van der Waals surface area contributed by atoms with Gasteiger partial charge in [-0.25, -0.2) is 9.59 Å². The number of benzene rings is 3. The number of rotatable bonds is 39. The summed E-state index contributed by atoms with van der Waals surface area (Å²) in [4.78, 5) is 37.4. The zero-order valence-corrected chi connectivity index (χ0v) is 50.3. The molecule has 2 aliphatic carbocycles. The Morgan fingerprint density at radius 3 is 2.13 bits per heavy atom. The Kier molecular flexibility index (Phi) is 28.4. The highest BCUT2D eigenvalue weighted by atomic mass is 16.8. The molecule has 2 amide bonds. The average Bonchev–Trinajstić information content (AvgIpc) is 0.961. The molecule has 0 bridgehead atoms. The Hall–Kier alpha value is -4.95. The van der Waals surface area contributed by atoms with Gasteiger partial charge >= 0.3 is 12.2 Å². The molecule has 0 spiro atoms. The van der Waals surface area contributed by atoms with Crippen molar-refractivity contribution in [2.24, 2.45) is 22.9 Å². The lowest BCUT2D eigenvalue weighted by atomic mass is 9.55. The Labute approximate surface area is 492 Å². The fourth-order valence-corrected chi connectivity index (χ4v) is 13.3. The summed E-state index contributed by atoms with van der Waals surface area (Å²) in [7, 11) is 0. The number of aliphatic hydroxyl groups excluding tert-OH is 2. The Balaban J connectivity index is 1.27. The first-order valence-corrected chi connectivity index (χ1v) is 32.6. The highest BCUT2D eigenvalue weighted by Gasteiger charge is 2.66. The van der Waals surface area contributed by atoms with Crippen LogP contribution in [0.5, 0.6) is 11.5 Å². The molecule has 3 N–H and O–H groups in total. The second kappa shape index (κ2) is 36.0. The van der Waals surface area contributed by atoms with Gasteiger partial charge in [0, 0.05) is 44.1 Å². The van der Waals surface area contributed by atoms with E-state index in [1.807, 2.05) is 35.2 Å². The van der Waals surface area contributed by atoms with Crippen molar-refractivity contribution in [3.63, 3.8) is 0 Å². The van der Waals surface area contributed by atoms with Crippen molar-refractivity contribution in [3.8, 4) is 11.5 Å². The highest BCUT2D eigenvalue weighted by Crippen LogP contribution is 2.62. The van der Waals surface area contributed by atoms with Crippen LogP contribution < -0.4 is 14.8 Å². The van der Waals surface area contributed by atoms with Gasteiger partial charge in [0.15, 0.2) is 0 Å². The first-order valence-electron chi connectivity index (χ1n) is 32.6. The molecule has 0 radical (unpaired) electrons. The number of nitrogens with zero attached hydrogens (tertiary/aromatic N) is 2. The van der Waals surface area contributed by atoms with Gasteiger partial charge in [0.05, 0.1) is 38.0 Å². The maximum Gasteiger partial charge on any atom is 0.412 e. The molecule has 4 aliphatic rings. The van der Waals surface area contributed by atoms with Gasteiger partial charge in [-0.05, 0) is 103 Å². The van der Waals surface area contributed by atoms with Gasteiger partial charge in [-0.15, -0.1) is 6.58 Å². The van der Waals surface area contributed by atoms with Crippen LogP contribution in [0, 0.1) is 17.8 Å². The Bertz CT molecular complexity index is 2420. The molecular weight excluding hydrogens is 1030 g/mol. The summed E-state index contributed by atoms with van der Waals surface area (Å²) in [6.45, 7) is 10.5. The Morgan fingerprint density at radius 1 is 0.780 bits per heavy atom. The van der Waals surface area contributed by atoms with Crippen LogP contribution in [0.3, 0.4) is 0 Å². The third-order valence-electron chi connectivity index (χ3n) is 17.6. The van der Waals surface area contributed by atoms with Crippen molar-refractivity contribution in [1.82, 2.24) is 10.2 Å². The van der Waals surface area contributed by atoms with E-state index >= 15 is 4.79 Å². The van der Waals surface area contributed by atoms with E-state index in [-0.39, 0.29) is 57.1 Å². The molecule has 13 nitrogen and oxygen atoms in total. The van der Waals surface area contributed by atoms with Crippen molar-refractivity contribution in [2.75, 3.05) is 39.6 Å². The average molecular weight is 1130 g/mol. The Morgan fingerprint density at radius 2 is 1.45 bits per heavy atom. The first kappa shape index (κ1) is 64.6. The van der Waals surface area contributed by atoms with Crippen molar-refractivity contribution < 1.29 is 48.3 Å². The summed E-state index contributed by atoms with van der Waals surface area (Å²) in [5.41, 5.74) is 3.43. The van der Waals surface area contributed by atoms with Crippen LogP contribution in [-0.4, -0.2) is 90.7 Å². The second-order valence-corrected chi connectivity index (χ2v) is 23.7. The number of oxime groups is 1. The molecular formula is C69H103N3O10. The van der Waals surface area contributed by atoms with Gasteiger partial charge in [-0.3, -0.25) is 4.90 Å². The lowest BCUT2D eigenvalue weighted by molar-refractivity contribution is -0.256. The second-order valence-electron chi connectivity index (χ2n) is 23.7. The number of hydrogen-bond donors (Lipinski definition) is 3. The number of aliphatic hydroxyl groups is 2. The van der Waals surface area contributed by atoms with Gasteiger partial charge < -0.3 is 44.1 Å². The van der Waals surface area contributed by atoms with Crippen LogP contribution in [0.15, 0.2) is 90.1 Å². The number of fused-ring (bicyclic) bond motifs is 3. The molecule has 3 aromatic carbocycles. The number of amides is 2. The topological polar surface area (TPSA) is 158 Å². The van der Waals surface area contributed by atoms with Crippen LogP contribution in [0.1, 0.15) is 224 Å². The predicted molar refractivity (Wildman–Crippen MR) is 328 cm³/mol. The van der Waals surface area contributed by atoms with E-state index < -0.39 is 36.2 Å². The van der Waals surface area contributed by atoms with Crippen LogP contribution in [0.4, 0.5) is 9.59 Å². The third-order valence-corrected chi connectivity index (χ3v) is 17.6. The van der Waals surface area contributed by atoms with Gasteiger partial charge in [0.1, 0.15) is 17.5 Å². The van der Waals surface area contributed by atoms with Gasteiger partial charge in [0.2, 0.25) is 12.1 Å². The molecule has 2 aliphatic heterocycles. The largest absolute Gasteiger partial charge is 0.459 e. The van der Waals surface area contributed by atoms with Crippen LogP contribution in [0.25, 0.3) is 10.8 Å². The van der Waals surface area contributed by atoms with E-state index in [9.17, 15) is 15.0 Å². The van der Waals surface area contributed by atoms with Crippen molar-refractivity contribution >= 4 is 28.7 Å². The molecule has 7 rings (SSSR count). The summed E-state index contributed by atoms with van der Waals surface area (Å²) in [6, 6.07) is 19.3. The van der Waals surface area contributed by atoms with Crippen molar-refractivity contribution in [3.05, 3.63) is 96.1 Å². The normalized spacial score (nSPS) is 22.4. The SMILES string of the molecule is C=CCOC12Oc3ccc(OC(=O)NCCCCCCCCCCCC)cc3C3C(CCCCO)C(CCCCO)C=C(C(=NOC4CCCCO4)CC1N(Cc1cccc4ccccc14)C(=O)OCCCCCCCCCCCC)C32. The van der Waals surface area contributed by atoms with E-state index in [0.717, 1.165) is 105 Å². The maximum atomic E-state index is 15.5. The number of allylic oxidation sites excluding steroid dienone is 1. The molecule has 0 aromatic heterocycles. The zero-order chi connectivity index (χ0) is 57.6. The maximum absolute atomic E-state index is 15.5. The quantitative estimate of drug-likeness (QED) is 0.0285. The number of hydrogen-bond acceptors (Lipinski definition) is 11. The molecule has 1 saturated heterocycles. The monoisotopic (exact) mass is 1130 g/mol. The van der Waals surface area contributed by atoms with Gasteiger partial charge in [0.25, 0.3) is 0 Å². The van der Waals surface area contributed by atoms with Gasteiger partial charge in [-0.2, -0.15) is 0 Å². The summed E-state index contributed by atoms with van der Waals surface area (Å²) in [6.07, 6.45) is 33.6. The molecule has 2 fully saturated rings. The zero-order valence-electron chi connectivity index (χ0n) is 50.3. The fourth-order valence-electron chi connectivity index (χ4n) is 13.3. The fraction of sp³-hybridized carbons (Fsp3) is 0.667. The van der Waals surface area contributed by atoms with E-state index in [1.54, 1.807) is 12.1 Å². The molecule has 7 unspecified atom stereocenters. The van der Waals surface area contributed by atoms with E-state index in [2.05, 4.69) is 56.1 Å². The van der Waals surface area contributed by atoms with Crippen LogP contribution in [0.2, 0.25) is 0 Å². The molecule has 454 valence electrons. The van der Waals surface area contributed by atoms with Gasteiger partial charge in [-0.1, -0.05) is 202 Å². The third kappa shape index (κ3) is 18.8. The molecule has 1 saturated carbocycles. The molecule has 3 aromatic rings. The standard InChI is InChI=1S/C69H103N3O10/c1-4-7-9-11-13-15-17-19-21-28-43-70-67(75)80-56-41-42-62-60(50-56)65-58(39-26-30-45-74)54(35-25-29-44-73)49-59-61(71-82-64-40-27-32-47-77-64)51-63(69(81-62,66(59)65)79-46-6-3)72(52-55-37-33-36-53-34-23-24-38-57(53)55)68(76)78-48-31-22-20-18-16-14-12-10-8-5-2/h6,23-24,33-34,36-38,41-42,49-50,54,58,63-66,73-74H,3-5,7-22,25-32,35,39-40,43-48,51-52H2,1-2H3,(H,70,75). The number of carbonyl (C=O) groups excluding carboxylic acids is 2. The number of carbonyl (C=O) groups is 2. The first-order chi connectivity index (χ1) is 40.3. The van der Waals surface area contributed by atoms with E-state index in [4.69, 9.17) is 33.7 Å². The van der Waals surface area contributed by atoms with Crippen LogP contribution >= 0.6 is 0 Å². The molecule has 13 heteroatoms.